The molecule has 4 heteroatoms. The van der Waals surface area contributed by atoms with Gasteiger partial charge in [0, 0.05) is 11.8 Å². The number of hydrogen-bond acceptors (Lipinski definition) is 3. The van der Waals surface area contributed by atoms with Crippen molar-refractivity contribution < 1.29 is 9.13 Å². The van der Waals surface area contributed by atoms with Crippen LogP contribution in [-0.4, -0.2) is 18.6 Å². The SMILES string of the molecule is CCNC(c1ccc(F)c(C)c1)c1cccnc1OC. The first-order valence-electron chi connectivity index (χ1n) is 6.65. The fourth-order valence-electron chi connectivity index (χ4n) is 2.25. The number of nitrogens with zero attached hydrogens (tertiary/aromatic N) is 1. The van der Waals surface area contributed by atoms with Crippen LogP contribution in [0.25, 0.3) is 0 Å². The Morgan fingerprint density at radius 2 is 2.15 bits per heavy atom. The minimum atomic E-state index is -0.192. The Morgan fingerprint density at radius 1 is 1.35 bits per heavy atom. The molecule has 0 saturated heterocycles. The van der Waals surface area contributed by atoms with Crippen LogP contribution in [0.5, 0.6) is 5.88 Å². The van der Waals surface area contributed by atoms with Gasteiger partial charge in [-0.1, -0.05) is 25.1 Å². The first-order chi connectivity index (χ1) is 9.67. The van der Waals surface area contributed by atoms with Crippen molar-refractivity contribution in [2.24, 2.45) is 0 Å². The molecule has 0 fully saturated rings. The van der Waals surface area contributed by atoms with Gasteiger partial charge in [0.2, 0.25) is 5.88 Å². The van der Waals surface area contributed by atoms with Crippen molar-refractivity contribution in [3.63, 3.8) is 0 Å². The van der Waals surface area contributed by atoms with Gasteiger partial charge in [-0.15, -0.1) is 0 Å². The maximum atomic E-state index is 13.4. The summed E-state index contributed by atoms with van der Waals surface area (Å²) in [4.78, 5) is 4.23. The second kappa shape index (κ2) is 6.48. The molecule has 0 aliphatic rings. The number of hydrogen-bond donors (Lipinski definition) is 1. The summed E-state index contributed by atoms with van der Waals surface area (Å²) in [6.07, 6.45) is 1.70. The zero-order valence-corrected chi connectivity index (χ0v) is 12.0. The first-order valence-corrected chi connectivity index (χ1v) is 6.65. The molecule has 3 nitrogen and oxygen atoms in total. The van der Waals surface area contributed by atoms with Crippen LogP contribution in [0.15, 0.2) is 36.5 Å². The van der Waals surface area contributed by atoms with E-state index in [1.807, 2.05) is 25.1 Å². The molecule has 0 aliphatic carbocycles. The molecule has 0 bridgehead atoms. The standard InChI is InChI=1S/C16H19FN2O/c1-4-18-15(12-7-8-14(17)11(2)10-12)13-6-5-9-19-16(13)20-3/h5-10,15,18H,4H2,1-3H3. The van der Waals surface area contributed by atoms with Crippen molar-refractivity contribution in [3.8, 4) is 5.88 Å². The van der Waals surface area contributed by atoms with Gasteiger partial charge in [0.25, 0.3) is 0 Å². The first kappa shape index (κ1) is 14.5. The fourth-order valence-corrected chi connectivity index (χ4v) is 2.25. The third kappa shape index (κ3) is 2.96. The lowest BCUT2D eigenvalue weighted by Gasteiger charge is -2.21. The molecule has 1 aromatic heterocycles. The van der Waals surface area contributed by atoms with Gasteiger partial charge >= 0.3 is 0 Å². The fraction of sp³-hybridized carbons (Fsp3) is 0.312. The van der Waals surface area contributed by atoms with Crippen molar-refractivity contribution in [1.82, 2.24) is 10.3 Å². The summed E-state index contributed by atoms with van der Waals surface area (Å²) < 4.78 is 18.8. The number of aryl methyl sites for hydroxylation is 1. The van der Waals surface area contributed by atoms with E-state index in [2.05, 4.69) is 10.3 Å². The van der Waals surface area contributed by atoms with Gasteiger partial charge in [-0.2, -0.15) is 0 Å². The van der Waals surface area contributed by atoms with Crippen molar-refractivity contribution in [2.45, 2.75) is 19.9 Å². The third-order valence-electron chi connectivity index (χ3n) is 3.23. The molecule has 0 saturated carbocycles. The highest BCUT2D eigenvalue weighted by molar-refractivity contribution is 5.39. The summed E-state index contributed by atoms with van der Waals surface area (Å²) in [5.74, 6) is 0.391. The maximum Gasteiger partial charge on any atom is 0.218 e. The molecular weight excluding hydrogens is 255 g/mol. The van der Waals surface area contributed by atoms with E-state index in [-0.39, 0.29) is 11.9 Å². The van der Waals surface area contributed by atoms with Crippen LogP contribution in [0.2, 0.25) is 0 Å². The van der Waals surface area contributed by atoms with Crippen LogP contribution in [0.3, 0.4) is 0 Å². The molecular formula is C16H19FN2O. The smallest absolute Gasteiger partial charge is 0.218 e. The van der Waals surface area contributed by atoms with Crippen LogP contribution < -0.4 is 10.1 Å². The number of pyridine rings is 1. The Labute approximate surface area is 118 Å². The molecule has 2 rings (SSSR count). The van der Waals surface area contributed by atoms with Gasteiger partial charge in [0.15, 0.2) is 0 Å². The summed E-state index contributed by atoms with van der Waals surface area (Å²) in [5.41, 5.74) is 2.58. The minimum absolute atomic E-state index is 0.0667. The number of rotatable bonds is 5. The summed E-state index contributed by atoms with van der Waals surface area (Å²) >= 11 is 0. The van der Waals surface area contributed by atoms with Crippen LogP contribution in [0.1, 0.15) is 29.7 Å². The van der Waals surface area contributed by atoms with Crippen molar-refractivity contribution in [3.05, 3.63) is 59.0 Å². The Bertz CT molecular complexity index is 586. The van der Waals surface area contributed by atoms with Crippen LogP contribution in [0.4, 0.5) is 4.39 Å². The summed E-state index contributed by atoms with van der Waals surface area (Å²) in [6.45, 7) is 4.59. The molecule has 0 spiro atoms. The van der Waals surface area contributed by atoms with Gasteiger partial charge < -0.3 is 10.1 Å². The molecule has 1 N–H and O–H groups in total. The zero-order valence-electron chi connectivity index (χ0n) is 12.0. The average Bonchev–Trinajstić information content (AvgIpc) is 2.48. The lowest BCUT2D eigenvalue weighted by Crippen LogP contribution is -2.23. The van der Waals surface area contributed by atoms with E-state index in [9.17, 15) is 4.39 Å². The average molecular weight is 274 g/mol. The molecule has 0 radical (unpaired) electrons. The largest absolute Gasteiger partial charge is 0.481 e. The molecule has 20 heavy (non-hydrogen) atoms. The van der Waals surface area contributed by atoms with E-state index < -0.39 is 0 Å². The highest BCUT2D eigenvalue weighted by Gasteiger charge is 2.18. The van der Waals surface area contributed by atoms with E-state index in [0.717, 1.165) is 17.7 Å². The Morgan fingerprint density at radius 3 is 2.80 bits per heavy atom. The van der Waals surface area contributed by atoms with Gasteiger partial charge in [0.1, 0.15) is 5.82 Å². The quantitative estimate of drug-likeness (QED) is 0.909. The number of benzene rings is 1. The van der Waals surface area contributed by atoms with Crippen molar-refractivity contribution in [2.75, 3.05) is 13.7 Å². The van der Waals surface area contributed by atoms with Crippen LogP contribution in [0, 0.1) is 12.7 Å². The monoisotopic (exact) mass is 274 g/mol. The zero-order chi connectivity index (χ0) is 14.5. The second-order valence-electron chi connectivity index (χ2n) is 4.60. The highest BCUT2D eigenvalue weighted by Crippen LogP contribution is 2.29. The van der Waals surface area contributed by atoms with E-state index in [4.69, 9.17) is 4.74 Å². The van der Waals surface area contributed by atoms with Gasteiger partial charge in [-0.3, -0.25) is 0 Å². The van der Waals surface area contributed by atoms with Crippen molar-refractivity contribution >= 4 is 0 Å². The number of halogens is 1. The van der Waals surface area contributed by atoms with E-state index in [0.29, 0.717) is 11.4 Å². The molecule has 1 heterocycles. The van der Waals surface area contributed by atoms with Gasteiger partial charge in [-0.25, -0.2) is 9.37 Å². The molecule has 1 unspecified atom stereocenters. The summed E-state index contributed by atoms with van der Waals surface area (Å²) in [5, 5.41) is 3.39. The number of aromatic nitrogens is 1. The third-order valence-corrected chi connectivity index (χ3v) is 3.23. The lowest BCUT2D eigenvalue weighted by atomic mass is 9.98. The Balaban J connectivity index is 2.47. The molecule has 0 amide bonds. The van der Waals surface area contributed by atoms with E-state index in [1.165, 1.54) is 6.07 Å². The summed E-state index contributed by atoms with van der Waals surface area (Å²) in [7, 11) is 1.60. The molecule has 2 aromatic rings. The minimum Gasteiger partial charge on any atom is -0.481 e. The van der Waals surface area contributed by atoms with Crippen LogP contribution in [-0.2, 0) is 0 Å². The maximum absolute atomic E-state index is 13.4. The Kier molecular flexibility index (Phi) is 4.69. The predicted molar refractivity (Wildman–Crippen MR) is 77.4 cm³/mol. The number of methoxy groups -OCH3 is 1. The number of ether oxygens (including phenoxy) is 1. The normalized spacial score (nSPS) is 12.2. The topological polar surface area (TPSA) is 34.2 Å². The van der Waals surface area contributed by atoms with Gasteiger partial charge in [-0.05, 0) is 36.7 Å². The van der Waals surface area contributed by atoms with Crippen LogP contribution >= 0.6 is 0 Å². The van der Waals surface area contributed by atoms with Gasteiger partial charge in [0.05, 0.1) is 13.2 Å². The lowest BCUT2D eigenvalue weighted by molar-refractivity contribution is 0.387. The highest BCUT2D eigenvalue weighted by atomic mass is 19.1. The molecule has 0 aliphatic heterocycles. The van der Waals surface area contributed by atoms with E-state index >= 15 is 0 Å². The summed E-state index contributed by atoms with van der Waals surface area (Å²) in [6, 6.07) is 8.92. The molecule has 106 valence electrons. The molecule has 1 aromatic carbocycles. The Hall–Kier alpha value is -1.94. The van der Waals surface area contributed by atoms with E-state index in [1.54, 1.807) is 26.3 Å². The number of nitrogens with one attached hydrogen (secondary N) is 1. The van der Waals surface area contributed by atoms with Crippen molar-refractivity contribution in [1.29, 1.82) is 0 Å². The second-order valence-corrected chi connectivity index (χ2v) is 4.60. The molecule has 1 atom stereocenters. The predicted octanol–water partition coefficient (Wildman–Crippen LogP) is 3.24.